The van der Waals surface area contributed by atoms with Crippen LogP contribution in [-0.4, -0.2) is 5.78 Å². The van der Waals surface area contributed by atoms with Crippen molar-refractivity contribution in [3.63, 3.8) is 0 Å². The summed E-state index contributed by atoms with van der Waals surface area (Å²) in [6.07, 6.45) is 4.97. The van der Waals surface area contributed by atoms with Gasteiger partial charge in [0.05, 0.1) is 0 Å². The zero-order valence-electron chi connectivity index (χ0n) is 8.75. The zero-order chi connectivity index (χ0) is 10.5. The number of Topliss-reactive ketones (excluding diaryl/α,β-unsaturated/α-hetero) is 1. The summed E-state index contributed by atoms with van der Waals surface area (Å²) >= 11 is 0. The second kappa shape index (κ2) is 4.79. The van der Waals surface area contributed by atoms with Gasteiger partial charge in [-0.15, -0.1) is 0 Å². The monoisotopic (exact) mass is 198 g/mol. The van der Waals surface area contributed by atoms with Gasteiger partial charge < -0.3 is 0 Å². The summed E-state index contributed by atoms with van der Waals surface area (Å²) in [5.74, 6) is 5.78. The van der Waals surface area contributed by atoms with Crippen LogP contribution in [0, 0.1) is 11.8 Å². The molecule has 0 radical (unpaired) electrons. The predicted molar refractivity (Wildman–Crippen MR) is 60.5 cm³/mol. The molecule has 0 fully saturated rings. The fourth-order valence-electron chi connectivity index (χ4n) is 1.84. The largest absolute Gasteiger partial charge is 0.285 e. The van der Waals surface area contributed by atoms with E-state index in [4.69, 9.17) is 0 Å². The van der Waals surface area contributed by atoms with E-state index in [1.165, 1.54) is 5.56 Å². The maximum Gasteiger partial charge on any atom is 0.205 e. The number of carbonyl (C=O) groups is 1. The summed E-state index contributed by atoms with van der Waals surface area (Å²) in [7, 11) is 0. The molecule has 0 saturated carbocycles. The zero-order valence-corrected chi connectivity index (χ0v) is 8.75. The number of carbonyl (C=O) groups excluding carboxylic acids is 1. The van der Waals surface area contributed by atoms with E-state index in [1.54, 1.807) is 0 Å². The second-order valence-electron chi connectivity index (χ2n) is 3.89. The molecule has 0 spiro atoms. The van der Waals surface area contributed by atoms with Gasteiger partial charge in [-0.25, -0.2) is 0 Å². The molecule has 0 amide bonds. The molecule has 1 nitrogen and oxygen atoms in total. The van der Waals surface area contributed by atoms with Crippen molar-refractivity contribution in [3.05, 3.63) is 35.4 Å². The highest BCUT2D eigenvalue weighted by molar-refractivity contribution is 5.96. The van der Waals surface area contributed by atoms with E-state index in [1.807, 2.05) is 18.2 Å². The van der Waals surface area contributed by atoms with Gasteiger partial charge in [-0.05, 0) is 36.8 Å². The number of ketones is 1. The van der Waals surface area contributed by atoms with Crippen LogP contribution in [0.4, 0.5) is 0 Å². The fraction of sp³-hybridized carbons (Fsp3) is 0.357. The third-order valence-electron chi connectivity index (χ3n) is 2.70. The van der Waals surface area contributed by atoms with Crippen LogP contribution in [0.1, 0.15) is 36.8 Å². The Morgan fingerprint density at radius 1 is 0.933 bits per heavy atom. The van der Waals surface area contributed by atoms with Gasteiger partial charge in [-0.2, -0.15) is 0 Å². The molecule has 1 aliphatic carbocycles. The molecule has 0 aromatic heterocycles. The molecule has 0 heterocycles. The number of rotatable bonds is 0. The third-order valence-corrected chi connectivity index (χ3v) is 2.70. The van der Waals surface area contributed by atoms with Gasteiger partial charge in [0.1, 0.15) is 0 Å². The number of benzene rings is 1. The van der Waals surface area contributed by atoms with Crippen molar-refractivity contribution >= 4 is 5.78 Å². The Bertz CT molecular complexity index is 420. The summed E-state index contributed by atoms with van der Waals surface area (Å²) in [6.45, 7) is 0. The molecule has 1 aromatic rings. The van der Waals surface area contributed by atoms with E-state index in [0.29, 0.717) is 6.42 Å². The molecule has 0 saturated heterocycles. The SMILES string of the molecule is O=C1C#Cc2ccccc2CCCCC1. The Kier molecular flexibility index (Phi) is 3.19. The van der Waals surface area contributed by atoms with Crippen LogP contribution >= 0.6 is 0 Å². The first-order valence-corrected chi connectivity index (χ1v) is 5.49. The Morgan fingerprint density at radius 3 is 2.67 bits per heavy atom. The molecule has 0 atom stereocenters. The van der Waals surface area contributed by atoms with Gasteiger partial charge in [-0.1, -0.05) is 30.5 Å². The van der Waals surface area contributed by atoms with Crippen LogP contribution in [-0.2, 0) is 11.2 Å². The predicted octanol–water partition coefficient (Wildman–Crippen LogP) is 2.72. The molecule has 1 aliphatic rings. The maximum absolute atomic E-state index is 11.3. The molecular weight excluding hydrogens is 184 g/mol. The van der Waals surface area contributed by atoms with Crippen molar-refractivity contribution in [1.82, 2.24) is 0 Å². The highest BCUT2D eigenvalue weighted by atomic mass is 16.1. The van der Waals surface area contributed by atoms with Crippen LogP contribution in [0.2, 0.25) is 0 Å². The molecule has 0 bridgehead atoms. The fourth-order valence-corrected chi connectivity index (χ4v) is 1.84. The lowest BCUT2D eigenvalue weighted by Crippen LogP contribution is -1.98. The highest BCUT2D eigenvalue weighted by Gasteiger charge is 2.03. The summed E-state index contributed by atoms with van der Waals surface area (Å²) in [5.41, 5.74) is 2.30. The van der Waals surface area contributed by atoms with Crippen LogP contribution < -0.4 is 0 Å². The molecule has 0 N–H and O–H groups in total. The van der Waals surface area contributed by atoms with E-state index >= 15 is 0 Å². The van der Waals surface area contributed by atoms with E-state index < -0.39 is 0 Å². The summed E-state index contributed by atoms with van der Waals surface area (Å²) in [4.78, 5) is 11.3. The number of aryl methyl sites for hydroxylation is 1. The van der Waals surface area contributed by atoms with Crippen LogP contribution in [0.5, 0.6) is 0 Å². The Morgan fingerprint density at radius 2 is 1.73 bits per heavy atom. The summed E-state index contributed by atoms with van der Waals surface area (Å²) in [5, 5.41) is 0. The highest BCUT2D eigenvalue weighted by Crippen LogP contribution is 2.13. The van der Waals surface area contributed by atoms with Crippen LogP contribution in [0.25, 0.3) is 0 Å². The molecule has 0 unspecified atom stereocenters. The van der Waals surface area contributed by atoms with Crippen molar-refractivity contribution in [2.24, 2.45) is 0 Å². The van der Waals surface area contributed by atoms with Crippen molar-refractivity contribution in [2.45, 2.75) is 32.1 Å². The molecule has 2 rings (SSSR count). The topological polar surface area (TPSA) is 17.1 Å². The van der Waals surface area contributed by atoms with E-state index in [-0.39, 0.29) is 5.78 Å². The van der Waals surface area contributed by atoms with Crippen molar-refractivity contribution in [3.8, 4) is 11.8 Å². The standard InChI is InChI=1S/C14H14O/c15-14-9-3-1-2-6-12-7-4-5-8-13(12)10-11-14/h4-5,7-8H,1-3,6,9H2. The Balaban J connectivity index is 2.33. The van der Waals surface area contributed by atoms with Crippen LogP contribution in [0.3, 0.4) is 0 Å². The first-order valence-electron chi connectivity index (χ1n) is 5.49. The molecule has 15 heavy (non-hydrogen) atoms. The lowest BCUT2D eigenvalue weighted by molar-refractivity contribution is -0.113. The number of hydrogen-bond donors (Lipinski definition) is 0. The Labute approximate surface area is 90.5 Å². The van der Waals surface area contributed by atoms with Crippen molar-refractivity contribution < 1.29 is 4.79 Å². The lowest BCUT2D eigenvalue weighted by Gasteiger charge is -2.05. The lowest BCUT2D eigenvalue weighted by atomic mass is 9.99. The van der Waals surface area contributed by atoms with Gasteiger partial charge in [0, 0.05) is 12.0 Å². The molecule has 76 valence electrons. The first-order chi connectivity index (χ1) is 7.36. The molecule has 1 aromatic carbocycles. The van der Waals surface area contributed by atoms with Gasteiger partial charge in [-0.3, -0.25) is 4.79 Å². The summed E-state index contributed by atoms with van der Waals surface area (Å²) in [6, 6.07) is 8.12. The maximum atomic E-state index is 11.3. The van der Waals surface area contributed by atoms with Gasteiger partial charge in [0.25, 0.3) is 0 Å². The van der Waals surface area contributed by atoms with Crippen molar-refractivity contribution in [2.75, 3.05) is 0 Å². The van der Waals surface area contributed by atoms with Crippen LogP contribution in [0.15, 0.2) is 24.3 Å². The molecular formula is C14H14O. The molecule has 0 aliphatic heterocycles. The Hall–Kier alpha value is -1.55. The minimum absolute atomic E-state index is 0.0757. The number of hydrogen-bond acceptors (Lipinski definition) is 1. The normalized spacial score (nSPS) is 16.1. The first kappa shape index (κ1) is 9.98. The average Bonchev–Trinajstić information content (AvgIpc) is 2.27. The summed E-state index contributed by atoms with van der Waals surface area (Å²) < 4.78 is 0. The molecule has 1 heteroatoms. The average molecular weight is 198 g/mol. The quantitative estimate of drug-likeness (QED) is 0.586. The smallest absolute Gasteiger partial charge is 0.205 e. The van der Waals surface area contributed by atoms with E-state index in [2.05, 4.69) is 17.9 Å². The van der Waals surface area contributed by atoms with Gasteiger partial charge in [0.15, 0.2) is 0 Å². The third kappa shape index (κ3) is 2.70. The van der Waals surface area contributed by atoms with E-state index in [0.717, 1.165) is 31.2 Å². The van der Waals surface area contributed by atoms with Gasteiger partial charge in [0.2, 0.25) is 5.78 Å². The van der Waals surface area contributed by atoms with Crippen molar-refractivity contribution in [1.29, 1.82) is 0 Å². The minimum atomic E-state index is 0.0757. The van der Waals surface area contributed by atoms with Gasteiger partial charge >= 0.3 is 0 Å². The number of fused-ring (bicyclic) bond motifs is 1. The minimum Gasteiger partial charge on any atom is -0.285 e. The van der Waals surface area contributed by atoms with E-state index in [9.17, 15) is 4.79 Å². The second-order valence-corrected chi connectivity index (χ2v) is 3.89.